The monoisotopic (exact) mass is 476 g/mol. The lowest BCUT2D eigenvalue weighted by atomic mass is 10.2. The quantitative estimate of drug-likeness (QED) is 0.580. The molecule has 1 aliphatic heterocycles. The van der Waals surface area contributed by atoms with E-state index >= 15 is 0 Å². The van der Waals surface area contributed by atoms with Crippen LogP contribution in [0.4, 0.5) is 22.0 Å². The minimum absolute atomic E-state index is 0. The SMILES string of the molecule is O=C(Nc1ccc(Cl)cc1)N1CCN(c2ccc(S(=O)(=O)Nc3ccncn3)cc2)CC1.[HH].[HH]. The van der Waals surface area contributed by atoms with Gasteiger partial charge in [0.25, 0.3) is 10.0 Å². The van der Waals surface area contributed by atoms with E-state index in [1.54, 1.807) is 53.4 Å². The van der Waals surface area contributed by atoms with Crippen LogP contribution in [0.25, 0.3) is 0 Å². The summed E-state index contributed by atoms with van der Waals surface area (Å²) in [4.78, 5) is 24.1. The Kier molecular flexibility index (Phi) is 6.42. The van der Waals surface area contributed by atoms with Crippen molar-refractivity contribution in [3.63, 3.8) is 0 Å². The molecule has 2 N–H and O–H groups in total. The highest BCUT2D eigenvalue weighted by molar-refractivity contribution is 7.92. The van der Waals surface area contributed by atoms with E-state index < -0.39 is 10.0 Å². The molecule has 2 heterocycles. The van der Waals surface area contributed by atoms with Gasteiger partial charge in [-0.1, -0.05) is 11.6 Å². The first-order valence-electron chi connectivity index (χ1n) is 9.86. The molecule has 9 nitrogen and oxygen atoms in total. The Balaban J connectivity index is 0.00000204. The van der Waals surface area contributed by atoms with Crippen LogP contribution in [0, 0.1) is 0 Å². The maximum Gasteiger partial charge on any atom is 0.321 e. The Morgan fingerprint density at radius 2 is 1.66 bits per heavy atom. The number of aromatic nitrogens is 2. The first-order valence-corrected chi connectivity index (χ1v) is 11.7. The molecular weight excluding hydrogens is 452 g/mol. The summed E-state index contributed by atoms with van der Waals surface area (Å²) in [6, 6.07) is 14.9. The van der Waals surface area contributed by atoms with Crippen LogP contribution >= 0.6 is 11.6 Å². The maximum atomic E-state index is 12.5. The van der Waals surface area contributed by atoms with Gasteiger partial charge in [0.1, 0.15) is 12.1 Å². The number of sulfonamides is 1. The molecule has 2 aromatic carbocycles. The van der Waals surface area contributed by atoms with Crippen molar-refractivity contribution in [3.8, 4) is 0 Å². The average Bonchev–Trinajstić information content (AvgIpc) is 2.81. The van der Waals surface area contributed by atoms with Crippen molar-refractivity contribution < 1.29 is 16.1 Å². The molecule has 0 saturated carbocycles. The van der Waals surface area contributed by atoms with E-state index in [0.29, 0.717) is 36.9 Å². The van der Waals surface area contributed by atoms with Crippen LogP contribution in [0.15, 0.2) is 72.0 Å². The largest absolute Gasteiger partial charge is 0.368 e. The summed E-state index contributed by atoms with van der Waals surface area (Å²) in [5.41, 5.74) is 1.58. The number of rotatable bonds is 5. The second-order valence-electron chi connectivity index (χ2n) is 7.11. The van der Waals surface area contributed by atoms with Gasteiger partial charge >= 0.3 is 6.03 Å². The van der Waals surface area contributed by atoms with E-state index in [4.69, 9.17) is 11.6 Å². The fourth-order valence-corrected chi connectivity index (χ4v) is 4.42. The summed E-state index contributed by atoms with van der Waals surface area (Å²) in [7, 11) is -3.74. The molecule has 2 amide bonds. The van der Waals surface area contributed by atoms with E-state index in [1.807, 2.05) is 0 Å². The summed E-state index contributed by atoms with van der Waals surface area (Å²) < 4.78 is 27.5. The van der Waals surface area contributed by atoms with Gasteiger partial charge in [0.2, 0.25) is 0 Å². The first-order chi connectivity index (χ1) is 15.4. The Morgan fingerprint density at radius 3 is 2.28 bits per heavy atom. The summed E-state index contributed by atoms with van der Waals surface area (Å²) in [6.45, 7) is 2.38. The first kappa shape index (κ1) is 21.8. The third-order valence-corrected chi connectivity index (χ3v) is 6.62. The van der Waals surface area contributed by atoms with Crippen molar-refractivity contribution in [2.45, 2.75) is 4.90 Å². The third kappa shape index (κ3) is 5.27. The molecule has 0 aliphatic carbocycles. The van der Waals surface area contributed by atoms with E-state index in [2.05, 4.69) is 24.9 Å². The molecule has 1 aliphatic rings. The van der Waals surface area contributed by atoms with E-state index in [0.717, 1.165) is 5.69 Å². The van der Waals surface area contributed by atoms with Crippen LogP contribution in [0.1, 0.15) is 2.85 Å². The third-order valence-electron chi connectivity index (χ3n) is 5.00. The Hall–Kier alpha value is -3.37. The van der Waals surface area contributed by atoms with Gasteiger partial charge in [0.05, 0.1) is 4.90 Å². The van der Waals surface area contributed by atoms with Gasteiger partial charge in [-0.25, -0.2) is 23.2 Å². The summed E-state index contributed by atoms with van der Waals surface area (Å²) in [6.07, 6.45) is 2.74. The molecule has 3 aromatic rings. The number of carbonyl (C=O) groups excluding carboxylic acids is 1. The summed E-state index contributed by atoms with van der Waals surface area (Å²) >= 11 is 5.87. The van der Waals surface area contributed by atoms with Crippen molar-refractivity contribution in [3.05, 3.63) is 72.1 Å². The molecule has 0 atom stereocenters. The van der Waals surface area contributed by atoms with Gasteiger partial charge in [-0.2, -0.15) is 0 Å². The van der Waals surface area contributed by atoms with Gasteiger partial charge in [-0.15, -0.1) is 0 Å². The zero-order valence-electron chi connectivity index (χ0n) is 17.0. The van der Waals surface area contributed by atoms with Crippen molar-refractivity contribution in [1.29, 1.82) is 0 Å². The Bertz CT molecular complexity index is 1180. The maximum absolute atomic E-state index is 12.5. The smallest absolute Gasteiger partial charge is 0.321 e. The lowest BCUT2D eigenvalue weighted by Gasteiger charge is -2.36. The summed E-state index contributed by atoms with van der Waals surface area (Å²) in [5, 5.41) is 3.48. The van der Waals surface area contributed by atoms with Crippen LogP contribution in [-0.4, -0.2) is 55.5 Å². The standard InChI is InChI=1S/C21H21ClN6O3S.2H2/c22-16-1-3-17(4-2-16)25-21(29)28-13-11-27(12-14-28)18-5-7-19(8-6-18)32(30,31)26-20-9-10-23-15-24-20;;/h1-10,15H,11-14H2,(H,25,29)(H,23,24,26);2*1H. The Labute approximate surface area is 194 Å². The number of nitrogens with zero attached hydrogens (tertiary/aromatic N) is 4. The molecule has 0 spiro atoms. The highest BCUT2D eigenvalue weighted by atomic mass is 35.5. The van der Waals surface area contributed by atoms with E-state index in [-0.39, 0.29) is 19.6 Å². The van der Waals surface area contributed by atoms with Gasteiger partial charge < -0.3 is 15.1 Å². The van der Waals surface area contributed by atoms with Crippen LogP contribution in [0.3, 0.4) is 0 Å². The molecule has 0 bridgehead atoms. The average molecular weight is 477 g/mol. The van der Waals surface area contributed by atoms with Crippen LogP contribution in [-0.2, 0) is 10.0 Å². The molecule has 0 unspecified atom stereocenters. The topological polar surface area (TPSA) is 108 Å². The number of carbonyl (C=O) groups is 1. The Morgan fingerprint density at radius 1 is 0.969 bits per heavy atom. The second kappa shape index (κ2) is 9.41. The predicted molar refractivity (Wildman–Crippen MR) is 128 cm³/mol. The number of halogens is 1. The number of anilines is 3. The zero-order valence-corrected chi connectivity index (χ0v) is 18.6. The second-order valence-corrected chi connectivity index (χ2v) is 9.22. The lowest BCUT2D eigenvalue weighted by molar-refractivity contribution is 0.208. The minimum atomic E-state index is -3.74. The number of hydrogen-bond acceptors (Lipinski definition) is 6. The van der Waals surface area contributed by atoms with Gasteiger partial charge in [-0.3, -0.25) is 4.72 Å². The molecular formula is C21H25ClN6O3S. The molecule has 32 heavy (non-hydrogen) atoms. The molecule has 1 saturated heterocycles. The fraction of sp³-hybridized carbons (Fsp3) is 0.190. The molecule has 0 radical (unpaired) electrons. The molecule has 1 aromatic heterocycles. The van der Waals surface area contributed by atoms with Crippen molar-refractivity contribution in [2.75, 3.05) is 41.1 Å². The number of benzene rings is 2. The van der Waals surface area contributed by atoms with Crippen molar-refractivity contribution in [2.24, 2.45) is 0 Å². The van der Waals surface area contributed by atoms with Crippen LogP contribution in [0.5, 0.6) is 0 Å². The predicted octanol–water partition coefficient (Wildman–Crippen LogP) is 3.78. The highest BCUT2D eigenvalue weighted by Gasteiger charge is 2.22. The zero-order chi connectivity index (χ0) is 22.6. The van der Waals surface area contributed by atoms with E-state index in [1.165, 1.54) is 18.6 Å². The molecule has 11 heteroatoms. The molecule has 1 fully saturated rings. The summed E-state index contributed by atoms with van der Waals surface area (Å²) in [5.74, 6) is 0.206. The molecule has 4 rings (SSSR count). The molecule has 170 valence electrons. The van der Waals surface area contributed by atoms with Crippen LogP contribution < -0.4 is 14.9 Å². The van der Waals surface area contributed by atoms with E-state index in [9.17, 15) is 13.2 Å². The fourth-order valence-electron chi connectivity index (χ4n) is 3.29. The van der Waals surface area contributed by atoms with Gasteiger partial charge in [-0.05, 0) is 54.6 Å². The lowest BCUT2D eigenvalue weighted by Crippen LogP contribution is -2.50. The van der Waals surface area contributed by atoms with Gasteiger partial charge in [0.15, 0.2) is 0 Å². The normalized spacial score (nSPS) is 14.2. The van der Waals surface area contributed by atoms with Crippen molar-refractivity contribution >= 4 is 44.8 Å². The number of nitrogens with one attached hydrogen (secondary N) is 2. The van der Waals surface area contributed by atoms with Gasteiger partial charge in [0, 0.05) is 51.6 Å². The number of hydrogen-bond donors (Lipinski definition) is 2. The highest BCUT2D eigenvalue weighted by Crippen LogP contribution is 2.21. The number of piperazine rings is 1. The van der Waals surface area contributed by atoms with Crippen LogP contribution in [0.2, 0.25) is 5.02 Å². The number of amides is 2. The minimum Gasteiger partial charge on any atom is -0.368 e. The number of urea groups is 1. The van der Waals surface area contributed by atoms with Crippen molar-refractivity contribution in [1.82, 2.24) is 14.9 Å².